The van der Waals surface area contributed by atoms with Gasteiger partial charge in [-0.1, -0.05) is 0 Å². The predicted molar refractivity (Wildman–Crippen MR) is 46.9 cm³/mol. The summed E-state index contributed by atoms with van der Waals surface area (Å²) < 4.78 is 9.88. The molecule has 0 saturated carbocycles. The summed E-state index contributed by atoms with van der Waals surface area (Å²) in [4.78, 5) is 13.0. The summed E-state index contributed by atoms with van der Waals surface area (Å²) in [6.45, 7) is 3.45. The third kappa shape index (κ3) is 3.42. The first-order chi connectivity index (χ1) is 5.83. The molecule has 0 radical (unpaired) electrons. The molecule has 0 atom stereocenters. The summed E-state index contributed by atoms with van der Waals surface area (Å²) in [5, 5.41) is 0. The second-order valence-electron chi connectivity index (χ2n) is 2.51. The smallest absolute Gasteiger partial charge is 0.332 e. The number of rotatable bonds is 3. The fraction of sp³-hybridized carbons (Fsp3) is 0.857. The van der Waals surface area contributed by atoms with E-state index in [1.807, 2.05) is 4.90 Å². The molecule has 0 unspecified atom stereocenters. The minimum absolute atomic E-state index is 0.176. The summed E-state index contributed by atoms with van der Waals surface area (Å²) in [5.74, 6) is -0.176. The fourth-order valence-electron chi connectivity index (χ4n) is 1.06. The van der Waals surface area contributed by atoms with E-state index in [4.69, 9.17) is 8.92 Å². The molecule has 1 rings (SSSR count). The monoisotopic (exact) mass is 191 g/mol. The van der Waals surface area contributed by atoms with E-state index in [2.05, 4.69) is 0 Å². The molecule has 1 fully saturated rings. The summed E-state index contributed by atoms with van der Waals surface area (Å²) >= 11 is 1.09. The topological polar surface area (TPSA) is 38.8 Å². The lowest BCUT2D eigenvalue weighted by Gasteiger charge is -2.24. The molecule has 1 saturated heterocycles. The van der Waals surface area contributed by atoms with Crippen LogP contribution < -0.4 is 0 Å². The highest BCUT2D eigenvalue weighted by Gasteiger charge is 2.14. The highest BCUT2D eigenvalue weighted by Crippen LogP contribution is 2.00. The van der Waals surface area contributed by atoms with Crippen LogP contribution in [-0.2, 0) is 13.7 Å². The van der Waals surface area contributed by atoms with Gasteiger partial charge in [-0.25, -0.2) is 4.79 Å². The molecular weight excluding hydrogens is 178 g/mol. The van der Waals surface area contributed by atoms with Crippen molar-refractivity contribution < 1.29 is 13.7 Å². The van der Waals surface area contributed by atoms with Gasteiger partial charge in [0.2, 0.25) is 0 Å². The van der Waals surface area contributed by atoms with Crippen LogP contribution in [0.2, 0.25) is 0 Å². The molecule has 0 spiro atoms. The normalized spacial score (nSPS) is 19.1. The van der Waals surface area contributed by atoms with Crippen LogP contribution in [0.4, 0.5) is 0 Å². The molecule has 0 N–H and O–H groups in total. The van der Waals surface area contributed by atoms with E-state index in [1.54, 1.807) is 6.26 Å². The van der Waals surface area contributed by atoms with E-state index in [0.29, 0.717) is 19.8 Å². The number of morpholine rings is 1. The lowest BCUT2D eigenvalue weighted by molar-refractivity contribution is -0.135. The molecule has 4 nitrogen and oxygen atoms in total. The van der Waals surface area contributed by atoms with Gasteiger partial charge in [0.25, 0.3) is 0 Å². The van der Waals surface area contributed by atoms with Crippen molar-refractivity contribution in [3.63, 3.8) is 0 Å². The van der Waals surface area contributed by atoms with E-state index in [0.717, 1.165) is 25.1 Å². The van der Waals surface area contributed by atoms with Crippen LogP contribution in [0.3, 0.4) is 0 Å². The van der Waals surface area contributed by atoms with Gasteiger partial charge in [0.1, 0.15) is 0 Å². The van der Waals surface area contributed by atoms with Crippen LogP contribution in [-0.4, -0.2) is 50.0 Å². The minimum Gasteiger partial charge on any atom is -0.391 e. The van der Waals surface area contributed by atoms with Crippen molar-refractivity contribution in [2.75, 3.05) is 39.1 Å². The van der Waals surface area contributed by atoms with Gasteiger partial charge in [-0.3, -0.25) is 4.90 Å². The van der Waals surface area contributed by atoms with Crippen molar-refractivity contribution in [3.05, 3.63) is 0 Å². The molecule has 1 aliphatic rings. The van der Waals surface area contributed by atoms with Crippen molar-refractivity contribution in [1.82, 2.24) is 4.90 Å². The molecule has 1 heterocycles. The molecule has 0 bridgehead atoms. The third-order valence-corrected chi connectivity index (χ3v) is 1.99. The van der Waals surface area contributed by atoms with Gasteiger partial charge < -0.3 is 8.92 Å². The van der Waals surface area contributed by atoms with Crippen molar-refractivity contribution >= 4 is 18.0 Å². The van der Waals surface area contributed by atoms with E-state index in [9.17, 15) is 4.79 Å². The van der Waals surface area contributed by atoms with E-state index in [1.165, 1.54) is 0 Å². The second kappa shape index (κ2) is 5.40. The Morgan fingerprint density at radius 2 is 2.25 bits per heavy atom. The standard InChI is InChI=1S/C7H13NO3S/c1-12-11-7(9)6-8-2-4-10-5-3-8/h2-6H2,1H3. The predicted octanol–water partition coefficient (Wildman–Crippen LogP) is 0.140. The van der Waals surface area contributed by atoms with Crippen LogP contribution in [0.15, 0.2) is 0 Å². The average Bonchev–Trinajstić information content (AvgIpc) is 2.06. The van der Waals surface area contributed by atoms with Gasteiger partial charge in [-0.15, -0.1) is 0 Å². The SMILES string of the molecule is CSOC(=O)CN1CCOCC1. The maximum atomic E-state index is 11.0. The zero-order valence-electron chi connectivity index (χ0n) is 7.12. The van der Waals surface area contributed by atoms with E-state index < -0.39 is 0 Å². The van der Waals surface area contributed by atoms with Crippen LogP contribution in [0.25, 0.3) is 0 Å². The number of nitrogens with zero attached hydrogens (tertiary/aromatic N) is 1. The third-order valence-electron chi connectivity index (χ3n) is 1.63. The van der Waals surface area contributed by atoms with Gasteiger partial charge in [0.05, 0.1) is 31.8 Å². The lowest BCUT2D eigenvalue weighted by Crippen LogP contribution is -2.39. The minimum atomic E-state index is -0.176. The number of carbonyl (C=O) groups is 1. The van der Waals surface area contributed by atoms with Crippen molar-refractivity contribution in [1.29, 1.82) is 0 Å². The van der Waals surface area contributed by atoms with E-state index >= 15 is 0 Å². The van der Waals surface area contributed by atoms with Gasteiger partial charge in [0.15, 0.2) is 0 Å². The highest BCUT2D eigenvalue weighted by atomic mass is 32.2. The van der Waals surface area contributed by atoms with Crippen LogP contribution in [0.1, 0.15) is 0 Å². The number of hydrogen-bond acceptors (Lipinski definition) is 5. The molecular formula is C7H13NO3S. The maximum absolute atomic E-state index is 11.0. The number of ether oxygens (including phenoxy) is 1. The summed E-state index contributed by atoms with van der Waals surface area (Å²) in [6.07, 6.45) is 1.73. The largest absolute Gasteiger partial charge is 0.391 e. The number of carbonyl (C=O) groups excluding carboxylic acids is 1. The second-order valence-corrected chi connectivity index (χ2v) is 3.01. The fourth-order valence-corrected chi connectivity index (χ4v) is 1.30. The van der Waals surface area contributed by atoms with Crippen LogP contribution >= 0.6 is 12.0 Å². The Labute approximate surface area is 76.4 Å². The zero-order valence-corrected chi connectivity index (χ0v) is 7.93. The van der Waals surface area contributed by atoms with Gasteiger partial charge >= 0.3 is 5.97 Å². The first-order valence-electron chi connectivity index (χ1n) is 3.86. The number of hydrogen-bond donors (Lipinski definition) is 0. The van der Waals surface area contributed by atoms with Gasteiger partial charge in [-0.05, 0) is 0 Å². The lowest BCUT2D eigenvalue weighted by atomic mass is 10.4. The van der Waals surface area contributed by atoms with Gasteiger partial charge in [-0.2, -0.15) is 0 Å². The van der Waals surface area contributed by atoms with E-state index in [-0.39, 0.29) is 5.97 Å². The Morgan fingerprint density at radius 3 is 2.83 bits per heavy atom. The average molecular weight is 191 g/mol. The highest BCUT2D eigenvalue weighted by molar-refractivity contribution is 7.94. The Bertz CT molecular complexity index is 148. The Morgan fingerprint density at radius 1 is 1.58 bits per heavy atom. The molecule has 0 aromatic rings. The first kappa shape index (κ1) is 9.83. The molecule has 1 aliphatic heterocycles. The van der Waals surface area contributed by atoms with Crippen LogP contribution in [0, 0.1) is 0 Å². The van der Waals surface area contributed by atoms with Crippen molar-refractivity contribution in [3.8, 4) is 0 Å². The molecule has 0 amide bonds. The molecule has 70 valence electrons. The zero-order chi connectivity index (χ0) is 8.81. The van der Waals surface area contributed by atoms with Gasteiger partial charge in [0, 0.05) is 19.3 Å². The molecule has 0 aromatic heterocycles. The molecule has 0 aliphatic carbocycles. The van der Waals surface area contributed by atoms with Crippen LogP contribution in [0.5, 0.6) is 0 Å². The summed E-state index contributed by atoms with van der Waals surface area (Å²) in [6, 6.07) is 0. The summed E-state index contributed by atoms with van der Waals surface area (Å²) in [7, 11) is 0. The molecule has 5 heteroatoms. The molecule has 0 aromatic carbocycles. The Kier molecular flexibility index (Phi) is 4.42. The maximum Gasteiger partial charge on any atom is 0.332 e. The Balaban J connectivity index is 2.15. The quantitative estimate of drug-likeness (QED) is 0.593. The Hall–Kier alpha value is -0.260. The van der Waals surface area contributed by atoms with Crippen molar-refractivity contribution in [2.24, 2.45) is 0 Å². The summed E-state index contributed by atoms with van der Waals surface area (Å²) in [5.41, 5.74) is 0. The first-order valence-corrected chi connectivity index (χ1v) is 5.01. The van der Waals surface area contributed by atoms with Crippen molar-refractivity contribution in [2.45, 2.75) is 0 Å². The molecule has 12 heavy (non-hydrogen) atoms.